The molecule has 0 bridgehead atoms. The van der Waals surface area contributed by atoms with Crippen LogP contribution in [-0.4, -0.2) is 25.2 Å². The summed E-state index contributed by atoms with van der Waals surface area (Å²) in [5, 5.41) is 0. The Kier molecular flexibility index (Phi) is 6.13. The Morgan fingerprint density at radius 2 is 1.04 bits per heavy atom. The highest BCUT2D eigenvalue weighted by Gasteiger charge is 2.29. The number of carbonyl (C=O) groups excluding carboxylic acids is 2. The molecule has 0 aliphatic heterocycles. The third-order valence-corrected chi connectivity index (χ3v) is 4.04. The predicted molar refractivity (Wildman–Crippen MR) is 97.9 cm³/mol. The summed E-state index contributed by atoms with van der Waals surface area (Å²) >= 11 is 0. The molecule has 0 saturated heterocycles. The summed E-state index contributed by atoms with van der Waals surface area (Å²) in [5.41, 5.74) is 12.1. The molecule has 0 amide bonds. The van der Waals surface area contributed by atoms with Crippen molar-refractivity contribution in [3.05, 3.63) is 71.8 Å². The molecule has 6 heteroatoms. The van der Waals surface area contributed by atoms with Crippen molar-refractivity contribution in [2.75, 3.05) is 13.2 Å². The van der Waals surface area contributed by atoms with Crippen LogP contribution in [0.2, 0.25) is 0 Å². The number of benzene rings is 2. The van der Waals surface area contributed by atoms with E-state index in [4.69, 9.17) is 20.9 Å². The molecule has 2 atom stereocenters. The fourth-order valence-electron chi connectivity index (χ4n) is 2.35. The van der Waals surface area contributed by atoms with Gasteiger partial charge in [-0.1, -0.05) is 60.7 Å². The topological polar surface area (TPSA) is 105 Å². The molecule has 0 spiro atoms. The summed E-state index contributed by atoms with van der Waals surface area (Å²) in [6.07, 6.45) is 0. The second-order valence-electron chi connectivity index (χ2n) is 6.72. The molecule has 0 unspecified atom stereocenters. The number of rotatable bonds is 6. The van der Waals surface area contributed by atoms with Crippen LogP contribution in [0.15, 0.2) is 60.7 Å². The van der Waals surface area contributed by atoms with Gasteiger partial charge >= 0.3 is 11.9 Å². The minimum atomic E-state index is -1.10. The molecule has 138 valence electrons. The van der Waals surface area contributed by atoms with E-state index in [1.807, 2.05) is 60.7 Å². The molecule has 0 heterocycles. The Labute approximate surface area is 153 Å². The van der Waals surface area contributed by atoms with Gasteiger partial charge in [0.25, 0.3) is 0 Å². The van der Waals surface area contributed by atoms with Gasteiger partial charge in [0, 0.05) is 0 Å². The summed E-state index contributed by atoms with van der Waals surface area (Å²) in [5.74, 6) is -2.19. The highest BCUT2D eigenvalue weighted by atomic mass is 16.6. The average Bonchev–Trinajstić information content (AvgIpc) is 2.65. The lowest BCUT2D eigenvalue weighted by molar-refractivity contribution is -0.169. The zero-order chi connectivity index (χ0) is 19.2. The standard InChI is InChI=1S/C20H24N2O4/c1-19(21,15-9-5-3-6-10-15)13-25-17(23)18(24)26-14-20(2,22)16-11-7-4-8-12-16/h3-12H,13-14,21-22H2,1-2H3/t19-,20-/m1/s1. The van der Waals surface area contributed by atoms with Gasteiger partial charge in [0.15, 0.2) is 0 Å². The van der Waals surface area contributed by atoms with E-state index in [0.29, 0.717) is 0 Å². The molecule has 2 aromatic rings. The quantitative estimate of drug-likeness (QED) is 0.604. The van der Waals surface area contributed by atoms with Gasteiger partial charge in [0.2, 0.25) is 0 Å². The van der Waals surface area contributed by atoms with Crippen molar-refractivity contribution in [1.29, 1.82) is 0 Å². The molecule has 26 heavy (non-hydrogen) atoms. The zero-order valence-electron chi connectivity index (χ0n) is 15.0. The molecule has 0 aliphatic rings. The maximum atomic E-state index is 11.9. The lowest BCUT2D eigenvalue weighted by Crippen LogP contribution is -2.42. The molecular formula is C20H24N2O4. The van der Waals surface area contributed by atoms with Crippen LogP contribution in [0.25, 0.3) is 0 Å². The van der Waals surface area contributed by atoms with Crippen LogP contribution in [0.1, 0.15) is 25.0 Å². The van der Waals surface area contributed by atoms with Gasteiger partial charge in [0.05, 0.1) is 11.1 Å². The lowest BCUT2D eigenvalue weighted by atomic mass is 9.94. The zero-order valence-corrected chi connectivity index (χ0v) is 15.0. The first-order chi connectivity index (χ1) is 12.2. The number of carbonyl (C=O) groups is 2. The van der Waals surface area contributed by atoms with E-state index in [9.17, 15) is 9.59 Å². The van der Waals surface area contributed by atoms with E-state index < -0.39 is 23.0 Å². The largest absolute Gasteiger partial charge is 0.455 e. The Morgan fingerprint density at radius 1 is 0.731 bits per heavy atom. The van der Waals surface area contributed by atoms with Crippen LogP contribution in [0.3, 0.4) is 0 Å². The first kappa shape index (κ1) is 19.6. The average molecular weight is 356 g/mol. The first-order valence-corrected chi connectivity index (χ1v) is 8.25. The molecule has 0 fully saturated rings. The molecular weight excluding hydrogens is 332 g/mol. The minimum absolute atomic E-state index is 0.149. The summed E-state index contributed by atoms with van der Waals surface area (Å²) in [6, 6.07) is 18.4. The lowest BCUT2D eigenvalue weighted by Gasteiger charge is -2.25. The monoisotopic (exact) mass is 356 g/mol. The number of nitrogens with two attached hydrogens (primary N) is 2. The maximum Gasteiger partial charge on any atom is 0.417 e. The summed E-state index contributed by atoms with van der Waals surface area (Å²) in [6.45, 7) is 3.13. The summed E-state index contributed by atoms with van der Waals surface area (Å²) in [7, 11) is 0. The molecule has 4 N–H and O–H groups in total. The third kappa shape index (κ3) is 5.15. The van der Waals surface area contributed by atoms with E-state index in [0.717, 1.165) is 11.1 Å². The van der Waals surface area contributed by atoms with E-state index >= 15 is 0 Å². The molecule has 2 rings (SSSR count). The normalized spacial score (nSPS) is 15.4. The number of ether oxygens (including phenoxy) is 2. The van der Waals surface area contributed by atoms with Gasteiger partial charge in [-0.2, -0.15) is 0 Å². The molecule has 0 aromatic heterocycles. The van der Waals surface area contributed by atoms with Gasteiger partial charge in [-0.05, 0) is 25.0 Å². The van der Waals surface area contributed by atoms with Crippen molar-refractivity contribution in [2.45, 2.75) is 24.9 Å². The Balaban J connectivity index is 1.87. The maximum absolute atomic E-state index is 11.9. The molecule has 6 nitrogen and oxygen atoms in total. The third-order valence-electron chi connectivity index (χ3n) is 4.04. The van der Waals surface area contributed by atoms with Crippen LogP contribution in [0.4, 0.5) is 0 Å². The van der Waals surface area contributed by atoms with Crippen LogP contribution in [0.5, 0.6) is 0 Å². The van der Waals surface area contributed by atoms with E-state index in [1.165, 1.54) is 0 Å². The van der Waals surface area contributed by atoms with Crippen molar-refractivity contribution in [3.63, 3.8) is 0 Å². The van der Waals surface area contributed by atoms with Gasteiger partial charge in [0.1, 0.15) is 13.2 Å². The second kappa shape index (κ2) is 8.12. The highest BCUT2D eigenvalue weighted by Crippen LogP contribution is 2.19. The summed E-state index contributed by atoms with van der Waals surface area (Å²) < 4.78 is 10.0. The molecule has 2 aromatic carbocycles. The highest BCUT2D eigenvalue weighted by molar-refractivity contribution is 6.29. The Morgan fingerprint density at radius 3 is 1.35 bits per heavy atom. The second-order valence-corrected chi connectivity index (χ2v) is 6.72. The van der Waals surface area contributed by atoms with Crippen molar-refractivity contribution < 1.29 is 19.1 Å². The van der Waals surface area contributed by atoms with Crippen molar-refractivity contribution in [2.24, 2.45) is 11.5 Å². The van der Waals surface area contributed by atoms with Crippen molar-refractivity contribution in [1.82, 2.24) is 0 Å². The SMILES string of the molecule is C[C@@](N)(COC(=O)C(=O)OC[C@@](C)(N)c1ccccc1)c1ccccc1. The van der Waals surface area contributed by atoms with Crippen LogP contribution in [0, 0.1) is 0 Å². The predicted octanol–water partition coefficient (Wildman–Crippen LogP) is 1.82. The van der Waals surface area contributed by atoms with Crippen molar-refractivity contribution >= 4 is 11.9 Å². The fraction of sp³-hybridized carbons (Fsp3) is 0.300. The van der Waals surface area contributed by atoms with E-state index in [-0.39, 0.29) is 13.2 Å². The minimum Gasteiger partial charge on any atom is -0.455 e. The summed E-state index contributed by atoms with van der Waals surface area (Å²) in [4.78, 5) is 23.8. The molecule has 0 radical (unpaired) electrons. The van der Waals surface area contributed by atoms with Gasteiger partial charge in [-0.25, -0.2) is 9.59 Å². The Hall–Kier alpha value is -2.70. The van der Waals surface area contributed by atoms with Crippen LogP contribution in [-0.2, 0) is 30.1 Å². The van der Waals surface area contributed by atoms with Crippen molar-refractivity contribution in [3.8, 4) is 0 Å². The van der Waals surface area contributed by atoms with Gasteiger partial charge < -0.3 is 20.9 Å². The number of hydrogen-bond acceptors (Lipinski definition) is 6. The fourth-order valence-corrected chi connectivity index (χ4v) is 2.35. The van der Waals surface area contributed by atoms with Crippen LogP contribution >= 0.6 is 0 Å². The smallest absolute Gasteiger partial charge is 0.417 e. The molecule has 0 aliphatic carbocycles. The van der Waals surface area contributed by atoms with E-state index in [1.54, 1.807) is 13.8 Å². The molecule has 0 saturated carbocycles. The number of hydrogen-bond donors (Lipinski definition) is 2. The van der Waals surface area contributed by atoms with Crippen LogP contribution < -0.4 is 11.5 Å². The van der Waals surface area contributed by atoms with Gasteiger partial charge in [-0.15, -0.1) is 0 Å². The number of esters is 2. The van der Waals surface area contributed by atoms with Gasteiger partial charge in [-0.3, -0.25) is 0 Å². The van der Waals surface area contributed by atoms with E-state index in [2.05, 4.69) is 0 Å². The first-order valence-electron chi connectivity index (χ1n) is 8.25. The Bertz CT molecular complexity index is 677.